The van der Waals surface area contributed by atoms with Crippen molar-refractivity contribution in [3.05, 3.63) is 69.3 Å². The van der Waals surface area contributed by atoms with Gasteiger partial charge in [0.1, 0.15) is 11.6 Å². The molecule has 0 atom stereocenters. The molecule has 0 radical (unpaired) electrons. The number of carbonyl (C=O) groups is 1. The maximum atomic E-state index is 13.0. The Kier molecular flexibility index (Phi) is 8.37. The summed E-state index contributed by atoms with van der Waals surface area (Å²) in [4.78, 5) is 12.2. The monoisotopic (exact) mass is 542 g/mol. The number of rotatable bonds is 9. The SMILES string of the molecule is CCn1c(CSCc2ccc(F)cc2)nnc1SCC(=O)Nc1ccc(I)cc1. The van der Waals surface area contributed by atoms with E-state index in [4.69, 9.17) is 0 Å². The Bertz CT molecular complexity index is 948. The Hall–Kier alpha value is -1.59. The van der Waals surface area contributed by atoms with Crippen molar-refractivity contribution >= 4 is 57.7 Å². The zero-order valence-corrected chi connectivity index (χ0v) is 19.6. The van der Waals surface area contributed by atoms with Gasteiger partial charge in [0.05, 0.1) is 11.5 Å². The third kappa shape index (κ3) is 6.71. The number of halogens is 2. The largest absolute Gasteiger partial charge is 0.325 e. The molecule has 0 spiro atoms. The predicted octanol–water partition coefficient (Wildman–Crippen LogP) is 5.21. The Morgan fingerprint density at radius 1 is 1.10 bits per heavy atom. The number of nitrogens with zero attached hydrogens (tertiary/aromatic N) is 3. The van der Waals surface area contributed by atoms with Gasteiger partial charge in [-0.3, -0.25) is 4.79 Å². The molecule has 1 aromatic heterocycles. The molecule has 0 aliphatic rings. The topological polar surface area (TPSA) is 59.8 Å². The van der Waals surface area contributed by atoms with Crippen LogP contribution in [0.2, 0.25) is 0 Å². The van der Waals surface area contributed by atoms with Crippen LogP contribution < -0.4 is 5.32 Å². The molecular formula is C20H20FIN4OS2. The van der Waals surface area contributed by atoms with Crippen molar-refractivity contribution in [3.63, 3.8) is 0 Å². The molecule has 1 N–H and O–H groups in total. The molecule has 9 heteroatoms. The number of hydrogen-bond donors (Lipinski definition) is 1. The van der Waals surface area contributed by atoms with E-state index in [2.05, 4.69) is 38.1 Å². The summed E-state index contributed by atoms with van der Waals surface area (Å²) in [7, 11) is 0. The molecule has 0 aliphatic heterocycles. The van der Waals surface area contributed by atoms with Gasteiger partial charge in [0.15, 0.2) is 5.16 Å². The summed E-state index contributed by atoms with van der Waals surface area (Å²) in [5.74, 6) is 2.32. The minimum Gasteiger partial charge on any atom is -0.325 e. The van der Waals surface area contributed by atoms with Gasteiger partial charge in [-0.15, -0.1) is 22.0 Å². The van der Waals surface area contributed by atoms with Gasteiger partial charge >= 0.3 is 0 Å². The van der Waals surface area contributed by atoms with Crippen LogP contribution in [0.3, 0.4) is 0 Å². The van der Waals surface area contributed by atoms with Crippen LogP contribution in [-0.2, 0) is 22.8 Å². The van der Waals surface area contributed by atoms with Crippen LogP contribution in [-0.4, -0.2) is 26.4 Å². The maximum absolute atomic E-state index is 13.0. The highest BCUT2D eigenvalue weighted by atomic mass is 127. The number of nitrogens with one attached hydrogen (secondary N) is 1. The van der Waals surface area contributed by atoms with Gasteiger partial charge in [0.2, 0.25) is 5.91 Å². The molecule has 3 rings (SSSR count). The van der Waals surface area contributed by atoms with Crippen molar-refractivity contribution < 1.29 is 9.18 Å². The Morgan fingerprint density at radius 3 is 2.52 bits per heavy atom. The molecule has 2 aromatic carbocycles. The number of carbonyl (C=O) groups excluding carboxylic acids is 1. The molecule has 0 fully saturated rings. The molecule has 0 saturated carbocycles. The van der Waals surface area contributed by atoms with Gasteiger partial charge < -0.3 is 9.88 Å². The Morgan fingerprint density at radius 2 is 1.83 bits per heavy atom. The van der Waals surface area contributed by atoms with Crippen LogP contribution >= 0.6 is 46.1 Å². The second kappa shape index (κ2) is 11.0. The molecule has 1 heterocycles. The lowest BCUT2D eigenvalue weighted by atomic mass is 10.2. The summed E-state index contributed by atoms with van der Waals surface area (Å²) in [5, 5.41) is 12.2. The second-order valence-electron chi connectivity index (χ2n) is 6.11. The van der Waals surface area contributed by atoms with E-state index in [-0.39, 0.29) is 17.5 Å². The first kappa shape index (κ1) is 22.1. The summed E-state index contributed by atoms with van der Waals surface area (Å²) >= 11 is 5.31. The lowest BCUT2D eigenvalue weighted by molar-refractivity contribution is -0.113. The minimum absolute atomic E-state index is 0.0749. The second-order valence-corrected chi connectivity index (χ2v) is 9.28. The lowest BCUT2D eigenvalue weighted by Gasteiger charge is -2.08. The van der Waals surface area contributed by atoms with Gasteiger partial charge in [-0.25, -0.2) is 4.39 Å². The molecule has 0 saturated heterocycles. The number of amides is 1. The van der Waals surface area contributed by atoms with Crippen molar-refractivity contribution in [2.75, 3.05) is 11.1 Å². The number of thioether (sulfide) groups is 2. The van der Waals surface area contributed by atoms with Crippen LogP contribution in [0.4, 0.5) is 10.1 Å². The summed E-state index contributed by atoms with van der Waals surface area (Å²) in [6.45, 7) is 2.77. The van der Waals surface area contributed by atoms with Gasteiger partial charge in [-0.2, -0.15) is 0 Å². The predicted molar refractivity (Wildman–Crippen MR) is 126 cm³/mol. The highest BCUT2D eigenvalue weighted by Gasteiger charge is 2.13. The van der Waals surface area contributed by atoms with Crippen molar-refractivity contribution in [2.24, 2.45) is 0 Å². The van der Waals surface area contributed by atoms with E-state index in [0.29, 0.717) is 5.75 Å². The molecule has 0 unspecified atom stereocenters. The Balaban J connectivity index is 1.51. The highest BCUT2D eigenvalue weighted by Crippen LogP contribution is 2.22. The van der Waals surface area contributed by atoms with Gasteiger partial charge in [-0.1, -0.05) is 23.9 Å². The Labute approximate surface area is 191 Å². The van der Waals surface area contributed by atoms with E-state index in [1.165, 1.54) is 23.9 Å². The van der Waals surface area contributed by atoms with Crippen molar-refractivity contribution in [3.8, 4) is 0 Å². The highest BCUT2D eigenvalue weighted by molar-refractivity contribution is 14.1. The van der Waals surface area contributed by atoms with E-state index in [1.807, 2.05) is 35.8 Å². The van der Waals surface area contributed by atoms with Gasteiger partial charge in [0, 0.05) is 21.6 Å². The molecule has 3 aromatic rings. The van der Waals surface area contributed by atoms with E-state index >= 15 is 0 Å². The average molecular weight is 542 g/mol. The van der Waals surface area contributed by atoms with Gasteiger partial charge in [0.25, 0.3) is 0 Å². The van der Waals surface area contributed by atoms with Crippen LogP contribution in [0.25, 0.3) is 0 Å². The normalized spacial score (nSPS) is 10.9. The number of hydrogen-bond acceptors (Lipinski definition) is 5. The van der Waals surface area contributed by atoms with E-state index in [9.17, 15) is 9.18 Å². The zero-order chi connectivity index (χ0) is 20.6. The molecule has 29 heavy (non-hydrogen) atoms. The van der Waals surface area contributed by atoms with Crippen molar-refractivity contribution in [1.29, 1.82) is 0 Å². The lowest BCUT2D eigenvalue weighted by Crippen LogP contribution is -2.14. The number of aromatic nitrogens is 3. The van der Waals surface area contributed by atoms with E-state index < -0.39 is 0 Å². The third-order valence-corrected chi connectivity index (χ3v) is 6.67. The molecule has 152 valence electrons. The number of anilines is 1. The van der Waals surface area contributed by atoms with Crippen LogP contribution in [0.5, 0.6) is 0 Å². The summed E-state index contributed by atoms with van der Waals surface area (Å²) in [6.07, 6.45) is 0. The smallest absolute Gasteiger partial charge is 0.234 e. The molecule has 0 bridgehead atoms. The average Bonchev–Trinajstić information content (AvgIpc) is 3.11. The first-order valence-corrected chi connectivity index (χ1v) is 12.2. The van der Waals surface area contributed by atoms with Crippen molar-refractivity contribution in [2.45, 2.75) is 30.1 Å². The minimum atomic E-state index is -0.225. The zero-order valence-electron chi connectivity index (χ0n) is 15.8. The van der Waals surface area contributed by atoms with Gasteiger partial charge in [-0.05, 0) is 71.5 Å². The summed E-state index contributed by atoms with van der Waals surface area (Å²) < 4.78 is 16.1. The third-order valence-electron chi connectivity index (χ3n) is 3.98. The molecular weight excluding hydrogens is 522 g/mol. The van der Waals surface area contributed by atoms with Crippen molar-refractivity contribution in [1.82, 2.24) is 14.8 Å². The maximum Gasteiger partial charge on any atom is 0.234 e. The first-order valence-electron chi connectivity index (χ1n) is 8.97. The standard InChI is InChI=1S/C20H20FIN4OS2/c1-2-26-18(12-28-11-14-3-5-15(21)6-4-14)24-25-20(26)29-13-19(27)23-17-9-7-16(22)8-10-17/h3-10H,2,11-13H2,1H3,(H,23,27). The van der Waals surface area contributed by atoms with E-state index in [1.54, 1.807) is 23.9 Å². The molecule has 5 nitrogen and oxygen atoms in total. The fraction of sp³-hybridized carbons (Fsp3) is 0.250. The fourth-order valence-corrected chi connectivity index (χ4v) is 4.66. The summed E-state index contributed by atoms with van der Waals surface area (Å²) in [6, 6.07) is 14.2. The van der Waals surface area contributed by atoms with Crippen LogP contribution in [0.15, 0.2) is 53.7 Å². The molecule has 0 aliphatic carbocycles. The summed E-state index contributed by atoms with van der Waals surface area (Å²) in [5.41, 5.74) is 1.85. The van der Waals surface area contributed by atoms with Crippen LogP contribution in [0.1, 0.15) is 18.3 Å². The molecule has 1 amide bonds. The quantitative estimate of drug-likeness (QED) is 0.298. The number of benzene rings is 2. The van der Waals surface area contributed by atoms with E-state index in [0.717, 1.165) is 38.1 Å². The fourth-order valence-electron chi connectivity index (χ4n) is 2.55. The first-order chi connectivity index (χ1) is 14.0. The van der Waals surface area contributed by atoms with Crippen LogP contribution in [0, 0.1) is 9.39 Å².